The number of hydrogen-bond acceptors (Lipinski definition) is 3. The first-order valence-corrected chi connectivity index (χ1v) is 15.9. The third-order valence-corrected chi connectivity index (χ3v) is 8.75. The van der Waals surface area contributed by atoms with Gasteiger partial charge in [0.25, 0.3) is 6.33 Å². The molecule has 0 aliphatic carbocycles. The van der Waals surface area contributed by atoms with Gasteiger partial charge in [-0.2, -0.15) is 0 Å². The van der Waals surface area contributed by atoms with E-state index in [-0.39, 0.29) is 5.41 Å². The minimum Gasteiger partial charge on any atom is -0.457 e. The second-order valence-electron chi connectivity index (χ2n) is 12.9. The number of rotatable bonds is 5. The molecule has 0 saturated heterocycles. The first kappa shape index (κ1) is 28.5. The van der Waals surface area contributed by atoms with Crippen LogP contribution >= 0.6 is 0 Å². The molecule has 228 valence electrons. The van der Waals surface area contributed by atoms with E-state index in [1.54, 1.807) is 0 Å². The molecule has 0 amide bonds. The summed E-state index contributed by atoms with van der Waals surface area (Å²) >= 11 is 0. The van der Waals surface area contributed by atoms with Crippen molar-refractivity contribution in [2.45, 2.75) is 26.2 Å². The zero-order chi connectivity index (χ0) is 32.0. The SMILES string of the molecule is CC(C)(C)c1ccnc(N2c3ccccc3-c3ccccc3-c3ccc(Oc4cccc(-n5cc[n+](-c6ccccc6)c5)c4)cc32)c1. The van der Waals surface area contributed by atoms with E-state index in [9.17, 15) is 0 Å². The third kappa shape index (κ3) is 5.36. The van der Waals surface area contributed by atoms with Gasteiger partial charge in [0, 0.05) is 29.5 Å². The van der Waals surface area contributed by atoms with Gasteiger partial charge < -0.3 is 4.74 Å². The second kappa shape index (κ2) is 11.5. The Balaban J connectivity index is 1.23. The second-order valence-corrected chi connectivity index (χ2v) is 12.9. The fraction of sp³-hybridized carbons (Fsp3) is 0.0952. The molecule has 0 unspecified atom stereocenters. The number of hydrogen-bond donors (Lipinski definition) is 0. The predicted octanol–water partition coefficient (Wildman–Crippen LogP) is 10.4. The Morgan fingerprint density at radius 3 is 2.11 bits per heavy atom. The first-order valence-electron chi connectivity index (χ1n) is 15.9. The molecule has 8 rings (SSSR count). The maximum absolute atomic E-state index is 6.61. The highest BCUT2D eigenvalue weighted by atomic mass is 16.5. The molecule has 0 spiro atoms. The summed E-state index contributed by atoms with van der Waals surface area (Å²) in [5.41, 5.74) is 10.1. The number of nitrogens with zero attached hydrogens (tertiary/aromatic N) is 4. The molecule has 0 fully saturated rings. The maximum Gasteiger partial charge on any atom is 0.254 e. The van der Waals surface area contributed by atoms with Crippen molar-refractivity contribution < 1.29 is 9.30 Å². The maximum atomic E-state index is 6.61. The summed E-state index contributed by atoms with van der Waals surface area (Å²) in [5.74, 6) is 2.38. The molecule has 7 aromatic rings. The molecule has 47 heavy (non-hydrogen) atoms. The highest BCUT2D eigenvalue weighted by molar-refractivity contribution is 6.02. The van der Waals surface area contributed by atoms with Crippen LogP contribution < -0.4 is 14.2 Å². The van der Waals surface area contributed by atoms with Crippen molar-refractivity contribution in [3.05, 3.63) is 164 Å². The van der Waals surface area contributed by atoms with Crippen molar-refractivity contribution in [3.63, 3.8) is 0 Å². The highest BCUT2D eigenvalue weighted by Crippen LogP contribution is 2.51. The number of anilines is 3. The van der Waals surface area contributed by atoms with Crippen LogP contribution in [-0.4, -0.2) is 9.55 Å². The van der Waals surface area contributed by atoms with Crippen LogP contribution in [0.2, 0.25) is 0 Å². The number of ether oxygens (including phenoxy) is 1. The lowest BCUT2D eigenvalue weighted by atomic mass is 9.87. The Bertz CT molecular complexity index is 2230. The molecule has 0 saturated carbocycles. The predicted molar refractivity (Wildman–Crippen MR) is 189 cm³/mol. The van der Waals surface area contributed by atoms with Gasteiger partial charge in [-0.1, -0.05) is 87.5 Å². The molecular formula is C42H35N4O+. The van der Waals surface area contributed by atoms with Gasteiger partial charge in [-0.3, -0.25) is 4.90 Å². The van der Waals surface area contributed by atoms with E-state index in [1.807, 2.05) is 36.5 Å². The number of benzene rings is 5. The van der Waals surface area contributed by atoms with Crippen LogP contribution in [0, 0.1) is 0 Å². The number of para-hydroxylation sites is 2. The topological polar surface area (TPSA) is 34.2 Å². The Morgan fingerprint density at radius 2 is 1.32 bits per heavy atom. The largest absolute Gasteiger partial charge is 0.457 e. The minimum atomic E-state index is -0.0229. The third-order valence-electron chi connectivity index (χ3n) is 8.75. The smallest absolute Gasteiger partial charge is 0.254 e. The Labute approximate surface area is 275 Å². The zero-order valence-corrected chi connectivity index (χ0v) is 26.7. The monoisotopic (exact) mass is 611 g/mol. The van der Waals surface area contributed by atoms with Gasteiger partial charge in [0.2, 0.25) is 0 Å². The van der Waals surface area contributed by atoms with Crippen LogP contribution in [-0.2, 0) is 5.41 Å². The minimum absolute atomic E-state index is 0.0229. The average molecular weight is 612 g/mol. The molecule has 1 aliphatic rings. The molecule has 3 heterocycles. The van der Waals surface area contributed by atoms with E-state index >= 15 is 0 Å². The molecule has 5 aromatic carbocycles. The fourth-order valence-electron chi connectivity index (χ4n) is 6.32. The quantitative estimate of drug-likeness (QED) is 0.182. The normalized spacial score (nSPS) is 12.1. The Morgan fingerprint density at radius 1 is 0.617 bits per heavy atom. The summed E-state index contributed by atoms with van der Waals surface area (Å²) in [6, 6.07) is 46.4. The van der Waals surface area contributed by atoms with Crippen LogP contribution in [0.5, 0.6) is 11.5 Å². The Hall–Kier alpha value is -5.94. The lowest BCUT2D eigenvalue weighted by Crippen LogP contribution is -2.27. The van der Waals surface area contributed by atoms with Gasteiger partial charge in [-0.15, -0.1) is 0 Å². The van der Waals surface area contributed by atoms with Crippen LogP contribution in [0.1, 0.15) is 26.3 Å². The average Bonchev–Trinajstić information content (AvgIpc) is 3.56. The van der Waals surface area contributed by atoms with Crippen LogP contribution in [0.3, 0.4) is 0 Å². The molecule has 0 N–H and O–H groups in total. The van der Waals surface area contributed by atoms with E-state index in [2.05, 4.69) is 157 Å². The van der Waals surface area contributed by atoms with Crippen molar-refractivity contribution in [1.82, 2.24) is 9.55 Å². The molecule has 0 radical (unpaired) electrons. The molecule has 0 atom stereocenters. The summed E-state index contributed by atoms with van der Waals surface area (Å²) < 4.78 is 10.8. The molecule has 2 aromatic heterocycles. The van der Waals surface area contributed by atoms with E-state index in [0.29, 0.717) is 0 Å². The van der Waals surface area contributed by atoms with Crippen molar-refractivity contribution in [3.8, 4) is 45.1 Å². The lowest BCUT2D eigenvalue weighted by Gasteiger charge is -2.28. The molecule has 0 bridgehead atoms. The highest BCUT2D eigenvalue weighted by Gasteiger charge is 2.28. The fourth-order valence-corrected chi connectivity index (χ4v) is 6.32. The van der Waals surface area contributed by atoms with Crippen molar-refractivity contribution in [2.24, 2.45) is 0 Å². The van der Waals surface area contributed by atoms with Crippen molar-refractivity contribution in [1.29, 1.82) is 0 Å². The van der Waals surface area contributed by atoms with E-state index in [1.165, 1.54) is 16.7 Å². The molecular weight excluding hydrogens is 576 g/mol. The summed E-state index contributed by atoms with van der Waals surface area (Å²) in [6.07, 6.45) is 8.11. The molecule has 1 aliphatic heterocycles. The van der Waals surface area contributed by atoms with Crippen molar-refractivity contribution in [2.75, 3.05) is 4.90 Å². The number of aromatic nitrogens is 3. The van der Waals surface area contributed by atoms with E-state index in [0.717, 1.165) is 51.2 Å². The summed E-state index contributed by atoms with van der Waals surface area (Å²) in [7, 11) is 0. The van der Waals surface area contributed by atoms with Gasteiger partial charge in [0.05, 0.1) is 11.4 Å². The number of pyridine rings is 1. The van der Waals surface area contributed by atoms with Crippen molar-refractivity contribution >= 4 is 17.2 Å². The van der Waals surface area contributed by atoms with Gasteiger partial charge in [-0.25, -0.2) is 14.1 Å². The summed E-state index contributed by atoms with van der Waals surface area (Å²) in [6.45, 7) is 6.71. The number of imidazole rings is 1. The zero-order valence-electron chi connectivity index (χ0n) is 26.7. The summed E-state index contributed by atoms with van der Waals surface area (Å²) in [4.78, 5) is 7.22. The van der Waals surface area contributed by atoms with Crippen LogP contribution in [0.15, 0.2) is 158 Å². The standard InChI is InChI=1S/C42H35N4O/c1-42(2,3)30-22-23-43-41(26-30)46-39-19-10-9-18-37(39)35-16-7-8-17-36(35)38-21-20-34(28-40(38)46)47-33-15-11-14-32(27-33)45-25-24-44(29-45)31-12-5-4-6-13-31/h4-29H,1-3H3/q+1. The first-order chi connectivity index (χ1) is 22.9. The molecule has 5 heteroatoms. The number of fused-ring (bicyclic) bond motifs is 5. The van der Waals surface area contributed by atoms with Gasteiger partial charge in [-0.05, 0) is 76.7 Å². The van der Waals surface area contributed by atoms with Gasteiger partial charge in [0.1, 0.15) is 41.1 Å². The van der Waals surface area contributed by atoms with Gasteiger partial charge in [0.15, 0.2) is 0 Å². The summed E-state index contributed by atoms with van der Waals surface area (Å²) in [5, 5.41) is 0. The van der Waals surface area contributed by atoms with Gasteiger partial charge >= 0.3 is 0 Å². The van der Waals surface area contributed by atoms with E-state index < -0.39 is 0 Å². The van der Waals surface area contributed by atoms with Crippen LogP contribution in [0.25, 0.3) is 33.6 Å². The van der Waals surface area contributed by atoms with E-state index in [4.69, 9.17) is 9.72 Å². The molecule has 5 nitrogen and oxygen atoms in total. The lowest BCUT2D eigenvalue weighted by molar-refractivity contribution is -0.594. The van der Waals surface area contributed by atoms with Crippen LogP contribution in [0.4, 0.5) is 17.2 Å². The Kier molecular flexibility index (Phi) is 6.95.